The molecule has 2 amide bonds. The number of hydrogen-bond acceptors (Lipinski definition) is 3. The van der Waals surface area contributed by atoms with Crippen LogP contribution in [0.3, 0.4) is 0 Å². The zero-order valence-electron chi connectivity index (χ0n) is 13.3. The van der Waals surface area contributed by atoms with Crippen molar-refractivity contribution in [2.45, 2.75) is 31.7 Å². The van der Waals surface area contributed by atoms with Crippen molar-refractivity contribution >= 4 is 17.5 Å². The summed E-state index contributed by atoms with van der Waals surface area (Å²) in [5, 5.41) is 3.19. The highest BCUT2D eigenvalue weighted by Crippen LogP contribution is 2.29. The van der Waals surface area contributed by atoms with E-state index in [1.54, 1.807) is 4.90 Å². The summed E-state index contributed by atoms with van der Waals surface area (Å²) in [4.78, 5) is 28.8. The van der Waals surface area contributed by atoms with E-state index in [-0.39, 0.29) is 24.4 Å². The lowest BCUT2D eigenvalue weighted by molar-refractivity contribution is -0.124. The quantitative estimate of drug-likeness (QED) is 0.911. The van der Waals surface area contributed by atoms with Crippen molar-refractivity contribution in [3.05, 3.63) is 29.8 Å². The molecule has 1 aromatic carbocycles. The highest BCUT2D eigenvalue weighted by molar-refractivity contribution is 6.04. The third kappa shape index (κ3) is 2.85. The minimum absolute atomic E-state index is 0.0221. The summed E-state index contributed by atoms with van der Waals surface area (Å²) in [5.74, 6) is 0.566. The molecule has 3 atom stereocenters. The van der Waals surface area contributed by atoms with Crippen molar-refractivity contribution < 1.29 is 9.59 Å². The summed E-state index contributed by atoms with van der Waals surface area (Å²) in [6, 6.07) is 8.01. The summed E-state index contributed by atoms with van der Waals surface area (Å²) in [6.07, 6.45) is 3.87. The van der Waals surface area contributed by atoms with E-state index in [1.165, 1.54) is 19.4 Å². The van der Waals surface area contributed by atoms with Gasteiger partial charge in [0.25, 0.3) is 0 Å². The maximum atomic E-state index is 12.5. The van der Waals surface area contributed by atoms with Crippen LogP contribution >= 0.6 is 0 Å². The molecule has 23 heavy (non-hydrogen) atoms. The second-order valence-electron chi connectivity index (χ2n) is 6.95. The molecule has 2 saturated heterocycles. The number of fused-ring (bicyclic) bond motifs is 3. The van der Waals surface area contributed by atoms with E-state index in [4.69, 9.17) is 0 Å². The van der Waals surface area contributed by atoms with Crippen molar-refractivity contribution in [3.63, 3.8) is 0 Å². The first-order chi connectivity index (χ1) is 11.2. The number of hydrogen-bond donors (Lipinski definition) is 1. The fourth-order valence-electron chi connectivity index (χ4n) is 4.26. The van der Waals surface area contributed by atoms with Gasteiger partial charge in [-0.3, -0.25) is 9.59 Å². The summed E-state index contributed by atoms with van der Waals surface area (Å²) in [7, 11) is 0. The molecule has 1 N–H and O–H groups in total. The van der Waals surface area contributed by atoms with Crippen LogP contribution in [0.4, 0.5) is 5.69 Å². The second-order valence-corrected chi connectivity index (χ2v) is 6.95. The molecule has 3 heterocycles. The van der Waals surface area contributed by atoms with Gasteiger partial charge in [0.05, 0.1) is 6.42 Å². The second kappa shape index (κ2) is 5.96. The first kappa shape index (κ1) is 14.7. The summed E-state index contributed by atoms with van der Waals surface area (Å²) < 4.78 is 0. The standard InChI is InChI=1S/C18H23N3O2/c22-17(19-15-7-9-20-8-3-5-14(15)11-20)12-21-16-6-2-1-4-13(16)10-18(21)23/h1-2,4,6,14-15H,3,5,7-12H2,(H,19,22). The Morgan fingerprint density at radius 1 is 1.22 bits per heavy atom. The predicted molar refractivity (Wildman–Crippen MR) is 88.2 cm³/mol. The van der Waals surface area contributed by atoms with Crippen LogP contribution in [0.25, 0.3) is 0 Å². The number of nitrogens with one attached hydrogen (secondary N) is 1. The number of anilines is 1. The maximum Gasteiger partial charge on any atom is 0.240 e. The zero-order chi connectivity index (χ0) is 15.8. The number of benzene rings is 1. The van der Waals surface area contributed by atoms with E-state index < -0.39 is 0 Å². The van der Waals surface area contributed by atoms with Gasteiger partial charge in [0.15, 0.2) is 0 Å². The average molecular weight is 313 g/mol. The third-order valence-corrected chi connectivity index (χ3v) is 5.44. The normalized spacial score (nSPS) is 29.3. The number of carbonyl (C=O) groups is 2. The van der Waals surface area contributed by atoms with Gasteiger partial charge in [-0.05, 0) is 43.4 Å². The largest absolute Gasteiger partial charge is 0.351 e. The molecule has 0 saturated carbocycles. The van der Waals surface area contributed by atoms with Crippen LogP contribution in [-0.2, 0) is 16.0 Å². The van der Waals surface area contributed by atoms with E-state index in [9.17, 15) is 9.59 Å². The lowest BCUT2D eigenvalue weighted by Gasteiger charge is -2.42. The molecule has 0 aromatic heterocycles. The molecule has 2 fully saturated rings. The molecule has 4 rings (SSSR count). The Morgan fingerprint density at radius 2 is 2.09 bits per heavy atom. The minimum Gasteiger partial charge on any atom is -0.351 e. The molecule has 3 aliphatic rings. The Bertz CT molecular complexity index is 630. The summed E-state index contributed by atoms with van der Waals surface area (Å²) >= 11 is 0. The Labute approximate surface area is 136 Å². The fourth-order valence-corrected chi connectivity index (χ4v) is 4.26. The smallest absolute Gasteiger partial charge is 0.240 e. The van der Waals surface area contributed by atoms with Crippen LogP contribution in [0.5, 0.6) is 0 Å². The van der Waals surface area contributed by atoms with E-state index in [2.05, 4.69) is 10.2 Å². The van der Waals surface area contributed by atoms with E-state index in [0.29, 0.717) is 12.3 Å². The van der Waals surface area contributed by atoms with Crippen molar-refractivity contribution in [2.75, 3.05) is 31.1 Å². The molecule has 0 radical (unpaired) electrons. The Balaban J connectivity index is 1.40. The van der Waals surface area contributed by atoms with Crippen LogP contribution < -0.4 is 10.2 Å². The van der Waals surface area contributed by atoms with Crippen LogP contribution in [-0.4, -0.2) is 48.9 Å². The average Bonchev–Trinajstić information content (AvgIpc) is 2.87. The predicted octanol–water partition coefficient (Wildman–Crippen LogP) is 1.18. The number of piperidine rings is 2. The van der Waals surface area contributed by atoms with Crippen molar-refractivity contribution in [3.8, 4) is 0 Å². The molecule has 0 spiro atoms. The van der Waals surface area contributed by atoms with Crippen LogP contribution in [0.2, 0.25) is 0 Å². The number of amides is 2. The third-order valence-electron chi connectivity index (χ3n) is 5.44. The van der Waals surface area contributed by atoms with E-state index in [0.717, 1.165) is 30.8 Å². The van der Waals surface area contributed by atoms with Crippen molar-refractivity contribution in [1.82, 2.24) is 10.2 Å². The van der Waals surface area contributed by atoms with Crippen molar-refractivity contribution in [2.24, 2.45) is 5.92 Å². The number of rotatable bonds is 3. The maximum absolute atomic E-state index is 12.5. The topological polar surface area (TPSA) is 52.7 Å². The van der Waals surface area contributed by atoms with Gasteiger partial charge in [0, 0.05) is 24.8 Å². The van der Waals surface area contributed by atoms with E-state index in [1.807, 2.05) is 24.3 Å². The molecule has 5 heteroatoms. The first-order valence-corrected chi connectivity index (χ1v) is 8.61. The van der Waals surface area contributed by atoms with Gasteiger partial charge in [0.1, 0.15) is 6.54 Å². The van der Waals surface area contributed by atoms with Crippen LogP contribution in [0.15, 0.2) is 24.3 Å². The number of para-hydroxylation sites is 1. The van der Waals surface area contributed by atoms with Crippen LogP contribution in [0, 0.1) is 5.92 Å². The van der Waals surface area contributed by atoms with E-state index >= 15 is 0 Å². The molecule has 3 aliphatic heterocycles. The number of carbonyl (C=O) groups excluding carboxylic acids is 2. The number of nitrogens with zero attached hydrogens (tertiary/aromatic N) is 2. The molecule has 1 aromatic rings. The Kier molecular flexibility index (Phi) is 3.81. The lowest BCUT2D eigenvalue weighted by Crippen LogP contribution is -2.54. The molecule has 3 unspecified atom stereocenters. The SMILES string of the molecule is O=C(CN1C(=O)Cc2ccccc21)NC1CCN2CCCC1C2. The van der Waals surface area contributed by atoms with Gasteiger partial charge in [-0.1, -0.05) is 18.2 Å². The molecule has 2 bridgehead atoms. The Hall–Kier alpha value is -1.88. The molecular weight excluding hydrogens is 290 g/mol. The zero-order valence-corrected chi connectivity index (χ0v) is 13.3. The van der Waals surface area contributed by atoms with Gasteiger partial charge >= 0.3 is 0 Å². The Morgan fingerprint density at radius 3 is 3.00 bits per heavy atom. The summed E-state index contributed by atoms with van der Waals surface area (Å²) in [6.45, 7) is 3.53. The highest BCUT2D eigenvalue weighted by atomic mass is 16.2. The summed E-state index contributed by atoms with van der Waals surface area (Å²) in [5.41, 5.74) is 1.91. The molecule has 0 aliphatic carbocycles. The van der Waals surface area contributed by atoms with Gasteiger partial charge in [-0.15, -0.1) is 0 Å². The molecule has 5 nitrogen and oxygen atoms in total. The minimum atomic E-state index is -0.0286. The van der Waals surface area contributed by atoms with Crippen molar-refractivity contribution in [1.29, 1.82) is 0 Å². The fraction of sp³-hybridized carbons (Fsp3) is 0.556. The van der Waals surface area contributed by atoms with Gasteiger partial charge in [0.2, 0.25) is 11.8 Å². The lowest BCUT2D eigenvalue weighted by atomic mass is 9.85. The van der Waals surface area contributed by atoms with Gasteiger partial charge < -0.3 is 15.1 Å². The monoisotopic (exact) mass is 313 g/mol. The molecular formula is C18H23N3O2. The van der Waals surface area contributed by atoms with Crippen LogP contribution in [0.1, 0.15) is 24.8 Å². The van der Waals surface area contributed by atoms with Gasteiger partial charge in [-0.25, -0.2) is 0 Å². The van der Waals surface area contributed by atoms with Gasteiger partial charge in [-0.2, -0.15) is 0 Å². The highest BCUT2D eigenvalue weighted by Gasteiger charge is 2.34. The molecule has 122 valence electrons. The first-order valence-electron chi connectivity index (χ1n) is 8.61.